The molecular weight excluding hydrogens is 369 g/mol. The molecule has 2 heterocycles. The van der Waals surface area contributed by atoms with Gasteiger partial charge in [0.25, 0.3) is 0 Å². The largest absolute Gasteiger partial charge is 0.417 e. The minimum absolute atomic E-state index is 0.0530. The molecule has 1 aliphatic rings. The van der Waals surface area contributed by atoms with E-state index in [2.05, 4.69) is 15.7 Å². The van der Waals surface area contributed by atoms with Gasteiger partial charge in [0, 0.05) is 37.8 Å². The number of hydrogen-bond donors (Lipinski definition) is 2. The molecule has 0 radical (unpaired) electrons. The third kappa shape index (κ3) is 4.19. The van der Waals surface area contributed by atoms with Crippen molar-refractivity contribution >= 4 is 17.5 Å². The molecule has 140 valence electrons. The monoisotopic (exact) mass is 386 g/mol. The number of carbonyl (C=O) groups excluding carboxylic acids is 1. The summed E-state index contributed by atoms with van der Waals surface area (Å²) < 4.78 is 40.6. The summed E-state index contributed by atoms with van der Waals surface area (Å²) in [5, 5.41) is 9.97. The summed E-state index contributed by atoms with van der Waals surface area (Å²) in [6.07, 6.45) is -0.0535. The number of alkyl halides is 3. The minimum Gasteiger partial charge on any atom is -0.348 e. The Morgan fingerprint density at radius 2 is 2.19 bits per heavy atom. The number of amides is 1. The Balaban J connectivity index is 1.74. The number of nitrogens with zero attached hydrogens (tertiary/aromatic N) is 2. The molecule has 9 heteroatoms. The van der Waals surface area contributed by atoms with Crippen LogP contribution in [0.4, 0.5) is 13.2 Å². The van der Waals surface area contributed by atoms with Crippen molar-refractivity contribution in [2.45, 2.75) is 37.6 Å². The highest BCUT2D eigenvalue weighted by Gasteiger charge is 2.34. The maximum absolute atomic E-state index is 13.0. The Labute approximate surface area is 153 Å². The standard InChI is InChI=1S/C17H18ClF3N4O/c1-25-9-11(8-23-25)16-14(4-5-15(26)24-16)22-7-10-2-3-13(18)12(6-10)17(19,20)21/h2-3,6,8-9,14,16,22H,4-5,7H2,1H3,(H,24,26)/t14-,16+/m1/s1. The summed E-state index contributed by atoms with van der Waals surface area (Å²) in [7, 11) is 1.78. The Kier molecular flexibility index (Phi) is 5.24. The van der Waals surface area contributed by atoms with Crippen LogP contribution in [0.25, 0.3) is 0 Å². The van der Waals surface area contributed by atoms with Crippen LogP contribution in [0, 0.1) is 0 Å². The predicted octanol–water partition coefficient (Wildman–Crippen LogP) is 3.20. The van der Waals surface area contributed by atoms with E-state index in [0.717, 1.165) is 11.6 Å². The second-order valence-corrected chi connectivity index (χ2v) is 6.74. The number of carbonyl (C=O) groups is 1. The number of piperidine rings is 1. The summed E-state index contributed by atoms with van der Waals surface area (Å²) in [5.74, 6) is -0.0530. The van der Waals surface area contributed by atoms with Crippen molar-refractivity contribution < 1.29 is 18.0 Å². The van der Waals surface area contributed by atoms with Crippen molar-refractivity contribution in [2.24, 2.45) is 7.05 Å². The molecule has 2 aromatic rings. The van der Waals surface area contributed by atoms with E-state index in [4.69, 9.17) is 11.6 Å². The van der Waals surface area contributed by atoms with Crippen LogP contribution in [0.3, 0.4) is 0 Å². The Hall–Kier alpha value is -2.06. The van der Waals surface area contributed by atoms with E-state index in [1.54, 1.807) is 24.0 Å². The lowest BCUT2D eigenvalue weighted by atomic mass is 9.93. The first-order valence-corrected chi connectivity index (χ1v) is 8.49. The van der Waals surface area contributed by atoms with Gasteiger partial charge in [-0.25, -0.2) is 0 Å². The third-order valence-electron chi connectivity index (χ3n) is 4.39. The molecule has 0 aliphatic carbocycles. The van der Waals surface area contributed by atoms with Gasteiger partial charge in [-0.1, -0.05) is 17.7 Å². The highest BCUT2D eigenvalue weighted by molar-refractivity contribution is 6.31. The van der Waals surface area contributed by atoms with Crippen LogP contribution in [0.2, 0.25) is 5.02 Å². The molecule has 1 aromatic carbocycles. The number of hydrogen-bond acceptors (Lipinski definition) is 3. The van der Waals surface area contributed by atoms with Gasteiger partial charge in [-0.3, -0.25) is 9.48 Å². The van der Waals surface area contributed by atoms with Crippen molar-refractivity contribution in [3.63, 3.8) is 0 Å². The van der Waals surface area contributed by atoms with E-state index in [1.807, 2.05) is 6.20 Å². The molecule has 1 aliphatic heterocycles. The molecule has 0 spiro atoms. The first-order valence-electron chi connectivity index (χ1n) is 8.11. The fourth-order valence-electron chi connectivity index (χ4n) is 3.08. The van der Waals surface area contributed by atoms with Crippen molar-refractivity contribution in [3.05, 3.63) is 52.3 Å². The van der Waals surface area contributed by atoms with Gasteiger partial charge in [-0.15, -0.1) is 0 Å². The van der Waals surface area contributed by atoms with Crippen LogP contribution in [-0.2, 0) is 24.6 Å². The number of halogens is 4. The van der Waals surface area contributed by atoms with Crippen molar-refractivity contribution in [2.75, 3.05) is 0 Å². The Morgan fingerprint density at radius 3 is 2.85 bits per heavy atom. The molecule has 0 bridgehead atoms. The van der Waals surface area contributed by atoms with Crippen molar-refractivity contribution in [3.8, 4) is 0 Å². The van der Waals surface area contributed by atoms with Gasteiger partial charge in [-0.2, -0.15) is 18.3 Å². The second-order valence-electron chi connectivity index (χ2n) is 6.33. The van der Waals surface area contributed by atoms with Gasteiger partial charge in [-0.05, 0) is 24.1 Å². The predicted molar refractivity (Wildman–Crippen MR) is 90.4 cm³/mol. The molecule has 1 saturated heterocycles. The van der Waals surface area contributed by atoms with Crippen LogP contribution in [-0.4, -0.2) is 21.7 Å². The van der Waals surface area contributed by atoms with E-state index in [0.29, 0.717) is 18.4 Å². The van der Waals surface area contributed by atoms with E-state index in [9.17, 15) is 18.0 Å². The number of nitrogens with one attached hydrogen (secondary N) is 2. The van der Waals surface area contributed by atoms with E-state index < -0.39 is 11.7 Å². The average molecular weight is 387 g/mol. The molecule has 0 unspecified atom stereocenters. The quantitative estimate of drug-likeness (QED) is 0.848. The summed E-state index contributed by atoms with van der Waals surface area (Å²) in [6.45, 7) is 0.234. The fraction of sp³-hybridized carbons (Fsp3) is 0.412. The molecule has 0 saturated carbocycles. The Morgan fingerprint density at radius 1 is 1.42 bits per heavy atom. The SMILES string of the molecule is Cn1cc([C@@H]2NC(=O)CC[C@H]2NCc2ccc(Cl)c(C(F)(F)F)c2)cn1. The molecule has 5 nitrogen and oxygen atoms in total. The van der Waals surface area contributed by atoms with Gasteiger partial charge in [0.15, 0.2) is 0 Å². The lowest BCUT2D eigenvalue weighted by Gasteiger charge is -2.32. The molecule has 1 amide bonds. The van der Waals surface area contributed by atoms with Gasteiger partial charge >= 0.3 is 6.18 Å². The van der Waals surface area contributed by atoms with Crippen LogP contribution in [0.15, 0.2) is 30.6 Å². The summed E-state index contributed by atoms with van der Waals surface area (Å²) in [4.78, 5) is 11.8. The second kappa shape index (κ2) is 7.28. The highest BCUT2D eigenvalue weighted by Crippen LogP contribution is 2.35. The van der Waals surface area contributed by atoms with Crippen molar-refractivity contribution in [1.82, 2.24) is 20.4 Å². The summed E-state index contributed by atoms with van der Waals surface area (Å²) >= 11 is 5.65. The number of rotatable bonds is 4. The fourth-order valence-corrected chi connectivity index (χ4v) is 3.31. The molecular formula is C17H18ClF3N4O. The van der Waals surface area contributed by atoms with Crippen LogP contribution >= 0.6 is 11.6 Å². The maximum atomic E-state index is 13.0. The molecule has 2 N–H and O–H groups in total. The highest BCUT2D eigenvalue weighted by atomic mass is 35.5. The summed E-state index contributed by atoms with van der Waals surface area (Å²) in [5.41, 5.74) is 0.480. The van der Waals surface area contributed by atoms with E-state index in [-0.39, 0.29) is 29.6 Å². The average Bonchev–Trinajstić information content (AvgIpc) is 3.00. The zero-order chi connectivity index (χ0) is 18.9. The lowest BCUT2D eigenvalue weighted by molar-refractivity contribution is -0.137. The van der Waals surface area contributed by atoms with Gasteiger partial charge < -0.3 is 10.6 Å². The molecule has 1 aromatic heterocycles. The molecule has 3 rings (SSSR count). The number of benzene rings is 1. The number of aromatic nitrogens is 2. The molecule has 26 heavy (non-hydrogen) atoms. The molecule has 2 atom stereocenters. The van der Waals surface area contributed by atoms with Gasteiger partial charge in [0.1, 0.15) is 0 Å². The zero-order valence-electron chi connectivity index (χ0n) is 14.0. The molecule has 1 fully saturated rings. The zero-order valence-corrected chi connectivity index (χ0v) is 14.7. The number of aryl methyl sites for hydroxylation is 1. The maximum Gasteiger partial charge on any atom is 0.417 e. The van der Waals surface area contributed by atoms with Crippen molar-refractivity contribution in [1.29, 1.82) is 0 Å². The van der Waals surface area contributed by atoms with Crippen LogP contribution in [0.5, 0.6) is 0 Å². The topological polar surface area (TPSA) is 59.0 Å². The minimum atomic E-state index is -4.50. The Bertz CT molecular complexity index is 806. The van der Waals surface area contributed by atoms with E-state index in [1.165, 1.54) is 6.07 Å². The van der Waals surface area contributed by atoms with E-state index >= 15 is 0 Å². The first-order chi connectivity index (χ1) is 12.2. The van der Waals surface area contributed by atoms with Gasteiger partial charge in [0.2, 0.25) is 5.91 Å². The third-order valence-corrected chi connectivity index (χ3v) is 4.72. The summed E-state index contributed by atoms with van der Waals surface area (Å²) in [6, 6.07) is 3.48. The van der Waals surface area contributed by atoms with Gasteiger partial charge in [0.05, 0.1) is 22.8 Å². The van der Waals surface area contributed by atoms with Crippen LogP contribution < -0.4 is 10.6 Å². The lowest BCUT2D eigenvalue weighted by Crippen LogP contribution is -2.48. The first kappa shape index (κ1) is 18.7. The van der Waals surface area contributed by atoms with Crippen LogP contribution in [0.1, 0.15) is 35.6 Å². The smallest absolute Gasteiger partial charge is 0.348 e. The normalized spacial score (nSPS) is 20.9.